The molecule has 3 amide bonds. The van der Waals surface area contributed by atoms with Gasteiger partial charge in [0.2, 0.25) is 17.7 Å². The van der Waals surface area contributed by atoms with Gasteiger partial charge in [-0.15, -0.1) is 0 Å². The summed E-state index contributed by atoms with van der Waals surface area (Å²) < 4.78 is 5.86. The molecule has 1 saturated carbocycles. The number of aromatic nitrogens is 1. The van der Waals surface area contributed by atoms with Gasteiger partial charge in [-0.25, -0.2) is 4.98 Å². The summed E-state index contributed by atoms with van der Waals surface area (Å²) in [7, 11) is 0. The lowest BCUT2D eigenvalue weighted by molar-refractivity contribution is -0.143. The zero-order valence-electron chi connectivity index (χ0n) is 21.7. The average molecular weight is 541 g/mol. The third kappa shape index (κ3) is 8.27. The fourth-order valence-electron chi connectivity index (χ4n) is 5.19. The predicted octanol–water partition coefficient (Wildman–Crippen LogP) is 5.04. The van der Waals surface area contributed by atoms with E-state index in [9.17, 15) is 14.4 Å². The van der Waals surface area contributed by atoms with Crippen LogP contribution in [0, 0.1) is 0 Å². The molecule has 0 bridgehead atoms. The first kappa shape index (κ1) is 28.0. The first-order valence-corrected chi connectivity index (χ1v) is 14.0. The van der Waals surface area contributed by atoms with Crippen molar-refractivity contribution in [2.45, 2.75) is 82.4 Å². The number of nitrogens with one attached hydrogen (secondary N) is 2. The van der Waals surface area contributed by atoms with Gasteiger partial charge in [0.05, 0.1) is 6.10 Å². The molecule has 0 radical (unpaired) electrons. The number of hydrogen-bond donors (Lipinski definition) is 2. The third-order valence-corrected chi connectivity index (χ3v) is 7.42. The minimum absolute atomic E-state index is 0.112. The maximum Gasteiger partial charge on any atom is 0.247 e. The van der Waals surface area contributed by atoms with Crippen LogP contribution in [-0.4, -0.2) is 52.9 Å². The summed E-state index contributed by atoms with van der Waals surface area (Å²) in [4.78, 5) is 45.6. The Morgan fingerprint density at radius 1 is 1.00 bits per heavy atom. The molecule has 2 aliphatic rings. The van der Waals surface area contributed by atoms with Gasteiger partial charge in [-0.1, -0.05) is 49.1 Å². The molecule has 1 aliphatic carbocycles. The molecule has 0 spiro atoms. The average Bonchev–Trinajstić information content (AvgIpc) is 3.44. The highest BCUT2D eigenvalue weighted by Gasteiger charge is 2.35. The van der Waals surface area contributed by atoms with Crippen molar-refractivity contribution < 1.29 is 19.1 Å². The van der Waals surface area contributed by atoms with E-state index in [1.165, 1.54) is 6.42 Å². The van der Waals surface area contributed by atoms with E-state index in [0.717, 1.165) is 38.5 Å². The molecule has 38 heavy (non-hydrogen) atoms. The molecule has 2 N–H and O–H groups in total. The van der Waals surface area contributed by atoms with E-state index in [0.29, 0.717) is 36.0 Å². The Morgan fingerprint density at radius 3 is 2.47 bits per heavy atom. The highest BCUT2D eigenvalue weighted by Crippen LogP contribution is 2.28. The van der Waals surface area contributed by atoms with Crippen LogP contribution in [0.2, 0.25) is 5.02 Å². The monoisotopic (exact) mass is 540 g/mol. The van der Waals surface area contributed by atoms with Gasteiger partial charge in [-0.3, -0.25) is 14.4 Å². The maximum atomic E-state index is 13.8. The van der Waals surface area contributed by atoms with Crippen LogP contribution in [0.25, 0.3) is 0 Å². The number of ether oxygens (including phenoxy) is 1. The van der Waals surface area contributed by atoms with Gasteiger partial charge >= 0.3 is 0 Å². The van der Waals surface area contributed by atoms with Crippen LogP contribution in [0.3, 0.4) is 0 Å². The zero-order valence-corrected chi connectivity index (χ0v) is 22.5. The fraction of sp³-hybridized carbons (Fsp3) is 0.517. The molecular formula is C29H37ClN4O4. The molecule has 1 aromatic carbocycles. The number of carbonyl (C=O) groups excluding carboxylic acids is 3. The first-order valence-electron chi connectivity index (χ1n) is 13.7. The summed E-state index contributed by atoms with van der Waals surface area (Å²) in [6.07, 6.45) is 9.20. The van der Waals surface area contributed by atoms with Crippen LogP contribution in [0.1, 0.15) is 75.8 Å². The molecule has 0 unspecified atom stereocenters. The van der Waals surface area contributed by atoms with E-state index in [2.05, 4.69) is 15.6 Å². The number of anilines is 1. The topological polar surface area (TPSA) is 101 Å². The van der Waals surface area contributed by atoms with E-state index in [-0.39, 0.29) is 42.7 Å². The number of amides is 3. The molecule has 2 fully saturated rings. The standard InChI is InChI=1S/C29H37ClN4O4/c30-22-16-14-21(15-17-22)28(29(37)32-23-8-2-1-3-9-23)34(20-24-10-7-19-38-24)27(36)13-6-12-26(35)33-25-11-4-5-18-31-25/h4-5,11,14-18,23-24,28H,1-3,6-10,12-13,19-20H2,(H,32,37)(H,31,33,35)/t24-,28+/m1/s1. The SMILES string of the molecule is O=C(CCCC(=O)N(C[C@H]1CCCO1)[C@H](C(=O)NC1CCCCC1)c1ccc(Cl)cc1)Nc1ccccn1. The summed E-state index contributed by atoms with van der Waals surface area (Å²) >= 11 is 6.14. The Kier molecular flexibility index (Phi) is 10.5. The number of halogens is 1. The van der Waals surface area contributed by atoms with Gasteiger partial charge in [0.1, 0.15) is 11.9 Å². The van der Waals surface area contributed by atoms with Crippen molar-refractivity contribution in [2.24, 2.45) is 0 Å². The van der Waals surface area contributed by atoms with Gasteiger partial charge in [-0.05, 0) is 61.9 Å². The largest absolute Gasteiger partial charge is 0.376 e. The van der Waals surface area contributed by atoms with Gasteiger partial charge in [0.15, 0.2) is 0 Å². The number of hydrogen-bond acceptors (Lipinski definition) is 5. The molecule has 1 aromatic heterocycles. The van der Waals surface area contributed by atoms with Gasteiger partial charge in [-0.2, -0.15) is 0 Å². The highest BCUT2D eigenvalue weighted by atomic mass is 35.5. The lowest BCUT2D eigenvalue weighted by Crippen LogP contribution is -2.49. The van der Waals surface area contributed by atoms with Crippen LogP contribution < -0.4 is 10.6 Å². The lowest BCUT2D eigenvalue weighted by atomic mass is 9.94. The van der Waals surface area contributed by atoms with Crippen molar-refractivity contribution in [3.8, 4) is 0 Å². The molecule has 1 aliphatic heterocycles. The van der Waals surface area contributed by atoms with Crippen LogP contribution in [-0.2, 0) is 19.1 Å². The lowest BCUT2D eigenvalue weighted by Gasteiger charge is -2.35. The second-order valence-corrected chi connectivity index (χ2v) is 10.5. The summed E-state index contributed by atoms with van der Waals surface area (Å²) in [5.74, 6) is -0.0826. The van der Waals surface area contributed by atoms with Crippen molar-refractivity contribution in [3.05, 3.63) is 59.2 Å². The molecule has 2 heterocycles. The Hall–Kier alpha value is -2.97. The number of nitrogens with zero attached hydrogens (tertiary/aromatic N) is 2. The highest BCUT2D eigenvalue weighted by molar-refractivity contribution is 6.30. The number of rotatable bonds is 11. The minimum atomic E-state index is -0.798. The quantitative estimate of drug-likeness (QED) is 0.416. The predicted molar refractivity (Wildman–Crippen MR) is 147 cm³/mol. The molecule has 9 heteroatoms. The molecule has 204 valence electrons. The van der Waals surface area contributed by atoms with Crippen LogP contribution in [0.5, 0.6) is 0 Å². The van der Waals surface area contributed by atoms with Gasteiger partial charge in [0, 0.05) is 43.3 Å². The van der Waals surface area contributed by atoms with E-state index in [1.807, 2.05) is 12.1 Å². The molecule has 8 nitrogen and oxygen atoms in total. The number of benzene rings is 1. The maximum absolute atomic E-state index is 13.8. The molecule has 1 saturated heterocycles. The Balaban J connectivity index is 1.48. The number of pyridine rings is 1. The minimum Gasteiger partial charge on any atom is -0.376 e. The van der Waals surface area contributed by atoms with Gasteiger partial charge in [0.25, 0.3) is 0 Å². The smallest absolute Gasteiger partial charge is 0.247 e. The Morgan fingerprint density at radius 2 is 1.79 bits per heavy atom. The summed E-state index contributed by atoms with van der Waals surface area (Å²) in [6.45, 7) is 0.977. The normalized spacial score (nSPS) is 18.5. The fourth-order valence-corrected chi connectivity index (χ4v) is 5.32. The second-order valence-electron chi connectivity index (χ2n) is 10.1. The van der Waals surface area contributed by atoms with Crippen molar-refractivity contribution in [3.63, 3.8) is 0 Å². The van der Waals surface area contributed by atoms with E-state index in [4.69, 9.17) is 16.3 Å². The van der Waals surface area contributed by atoms with Crippen molar-refractivity contribution >= 4 is 35.1 Å². The van der Waals surface area contributed by atoms with Crippen LogP contribution in [0.4, 0.5) is 5.82 Å². The van der Waals surface area contributed by atoms with Gasteiger partial charge < -0.3 is 20.3 Å². The Bertz CT molecular complexity index is 1050. The van der Waals surface area contributed by atoms with Crippen molar-refractivity contribution in [2.75, 3.05) is 18.5 Å². The van der Waals surface area contributed by atoms with E-state index < -0.39 is 6.04 Å². The number of carbonyl (C=O) groups is 3. The summed E-state index contributed by atoms with van der Waals surface area (Å²) in [5, 5.41) is 6.53. The molecule has 2 atom stereocenters. The summed E-state index contributed by atoms with van der Waals surface area (Å²) in [5.41, 5.74) is 0.710. The van der Waals surface area contributed by atoms with E-state index in [1.54, 1.807) is 41.4 Å². The molecule has 2 aromatic rings. The van der Waals surface area contributed by atoms with E-state index >= 15 is 0 Å². The van der Waals surface area contributed by atoms with Crippen LogP contribution in [0.15, 0.2) is 48.7 Å². The summed E-state index contributed by atoms with van der Waals surface area (Å²) in [6, 6.07) is 11.7. The first-order chi connectivity index (χ1) is 18.5. The third-order valence-electron chi connectivity index (χ3n) is 7.17. The van der Waals surface area contributed by atoms with Crippen molar-refractivity contribution in [1.82, 2.24) is 15.2 Å². The zero-order chi connectivity index (χ0) is 26.7. The molecular weight excluding hydrogens is 504 g/mol. The molecule has 4 rings (SSSR count). The second kappa shape index (κ2) is 14.3. The Labute approximate surface area is 229 Å². The van der Waals surface area contributed by atoms with Crippen LogP contribution >= 0.6 is 11.6 Å². The van der Waals surface area contributed by atoms with Crippen molar-refractivity contribution in [1.29, 1.82) is 0 Å².